The molecule has 4 heterocycles. The van der Waals surface area contributed by atoms with E-state index in [2.05, 4.69) is 36.2 Å². The Morgan fingerprint density at radius 3 is 2.89 bits per heavy atom. The zero-order valence-electron chi connectivity index (χ0n) is 15.1. The van der Waals surface area contributed by atoms with Gasteiger partial charge in [-0.2, -0.15) is 0 Å². The van der Waals surface area contributed by atoms with Crippen LogP contribution in [0, 0.1) is 12.7 Å². The molecule has 0 saturated carbocycles. The zero-order valence-corrected chi connectivity index (χ0v) is 15.1. The van der Waals surface area contributed by atoms with E-state index in [1.165, 1.54) is 18.3 Å². The first-order valence-electron chi connectivity index (χ1n) is 9.02. The molecule has 1 fully saturated rings. The minimum atomic E-state index is -0.347. The molecule has 1 aliphatic rings. The smallest absolute Gasteiger partial charge is 0.228 e. The molecule has 0 amide bonds. The summed E-state index contributed by atoms with van der Waals surface area (Å²) in [6, 6.07) is 10.7. The van der Waals surface area contributed by atoms with Crippen molar-refractivity contribution in [2.45, 2.75) is 25.8 Å². The zero-order chi connectivity index (χ0) is 18.6. The largest absolute Gasteiger partial charge is 0.309 e. The highest BCUT2D eigenvalue weighted by Gasteiger charge is 2.25. The summed E-state index contributed by atoms with van der Waals surface area (Å²) in [5.74, 6) is 0.828. The fourth-order valence-electron chi connectivity index (χ4n) is 3.38. The van der Waals surface area contributed by atoms with Crippen LogP contribution < -0.4 is 5.32 Å². The lowest BCUT2D eigenvalue weighted by Crippen LogP contribution is -2.20. The number of aryl methyl sites for hydroxylation is 1. The van der Waals surface area contributed by atoms with Crippen LogP contribution in [0.5, 0.6) is 0 Å². The van der Waals surface area contributed by atoms with Crippen molar-refractivity contribution < 1.29 is 4.39 Å². The number of nitrogens with one attached hydrogen (secondary N) is 1. The number of pyridine rings is 2. The molecule has 1 unspecified atom stereocenters. The number of halogens is 1. The molecule has 3 aromatic heterocycles. The summed E-state index contributed by atoms with van der Waals surface area (Å²) in [7, 11) is 0. The van der Waals surface area contributed by atoms with E-state index in [1.54, 1.807) is 6.20 Å². The number of rotatable bonds is 5. The maximum atomic E-state index is 13.3. The van der Waals surface area contributed by atoms with Crippen LogP contribution in [-0.4, -0.2) is 37.9 Å². The summed E-state index contributed by atoms with van der Waals surface area (Å²) >= 11 is 0. The quantitative estimate of drug-likeness (QED) is 0.748. The van der Waals surface area contributed by atoms with Gasteiger partial charge in [0.15, 0.2) is 0 Å². The molecule has 0 spiro atoms. The normalized spacial score (nSPS) is 17.2. The summed E-state index contributed by atoms with van der Waals surface area (Å²) in [6.45, 7) is 4.81. The molecule has 27 heavy (non-hydrogen) atoms. The van der Waals surface area contributed by atoms with Crippen LogP contribution in [-0.2, 0) is 6.54 Å². The van der Waals surface area contributed by atoms with E-state index >= 15 is 0 Å². The van der Waals surface area contributed by atoms with Gasteiger partial charge in [0.2, 0.25) is 5.95 Å². The summed E-state index contributed by atoms with van der Waals surface area (Å²) in [6.07, 6.45) is 4.19. The lowest BCUT2D eigenvalue weighted by Gasteiger charge is -2.16. The predicted molar refractivity (Wildman–Crippen MR) is 101 cm³/mol. The van der Waals surface area contributed by atoms with Crippen LogP contribution in [0.1, 0.15) is 29.4 Å². The monoisotopic (exact) mass is 364 g/mol. The van der Waals surface area contributed by atoms with Crippen molar-refractivity contribution in [3.05, 3.63) is 71.7 Å². The number of likely N-dealkylation sites (tertiary alicyclic amines) is 1. The van der Waals surface area contributed by atoms with E-state index in [-0.39, 0.29) is 5.82 Å². The Hall–Kier alpha value is -2.93. The molecule has 1 N–H and O–H groups in total. The van der Waals surface area contributed by atoms with Crippen molar-refractivity contribution in [3.8, 4) is 0 Å². The van der Waals surface area contributed by atoms with Crippen molar-refractivity contribution in [1.29, 1.82) is 0 Å². The van der Waals surface area contributed by atoms with E-state index in [0.717, 1.165) is 43.1 Å². The Morgan fingerprint density at radius 1 is 1.15 bits per heavy atom. The molecule has 0 aliphatic carbocycles. The molecule has 1 atom stereocenters. The third-order valence-corrected chi connectivity index (χ3v) is 4.66. The Bertz CT molecular complexity index is 932. The molecule has 0 radical (unpaired) electrons. The van der Waals surface area contributed by atoms with Crippen LogP contribution in [0.2, 0.25) is 0 Å². The second-order valence-electron chi connectivity index (χ2n) is 6.78. The van der Waals surface area contributed by atoms with Crippen LogP contribution in [0.4, 0.5) is 16.2 Å². The van der Waals surface area contributed by atoms with Crippen molar-refractivity contribution in [1.82, 2.24) is 24.8 Å². The van der Waals surface area contributed by atoms with E-state index in [1.807, 2.05) is 25.1 Å². The molecule has 0 bridgehead atoms. The lowest BCUT2D eigenvalue weighted by atomic mass is 10.1. The van der Waals surface area contributed by atoms with Crippen LogP contribution in [0.3, 0.4) is 0 Å². The molecule has 7 heteroatoms. The predicted octanol–water partition coefficient (Wildman–Crippen LogP) is 3.45. The van der Waals surface area contributed by atoms with Gasteiger partial charge in [0.05, 0.1) is 11.4 Å². The molecule has 1 saturated heterocycles. The van der Waals surface area contributed by atoms with Gasteiger partial charge in [-0.3, -0.25) is 9.88 Å². The van der Waals surface area contributed by atoms with Gasteiger partial charge < -0.3 is 5.32 Å². The van der Waals surface area contributed by atoms with Gasteiger partial charge in [0.1, 0.15) is 11.6 Å². The van der Waals surface area contributed by atoms with Crippen molar-refractivity contribution in [2.24, 2.45) is 0 Å². The Labute approximate surface area is 157 Å². The van der Waals surface area contributed by atoms with Gasteiger partial charge in [-0.1, -0.05) is 6.07 Å². The first-order chi connectivity index (χ1) is 13.2. The first kappa shape index (κ1) is 17.5. The van der Waals surface area contributed by atoms with E-state index in [4.69, 9.17) is 0 Å². The van der Waals surface area contributed by atoms with Gasteiger partial charge in [-0.05, 0) is 44.2 Å². The van der Waals surface area contributed by atoms with Crippen molar-refractivity contribution in [3.63, 3.8) is 0 Å². The third-order valence-electron chi connectivity index (χ3n) is 4.66. The van der Waals surface area contributed by atoms with Crippen molar-refractivity contribution >= 4 is 11.8 Å². The second kappa shape index (κ2) is 7.75. The highest BCUT2D eigenvalue weighted by molar-refractivity contribution is 5.47. The minimum Gasteiger partial charge on any atom is -0.309 e. The Morgan fingerprint density at radius 2 is 2.04 bits per heavy atom. The summed E-state index contributed by atoms with van der Waals surface area (Å²) in [4.78, 5) is 19.9. The second-order valence-corrected chi connectivity index (χ2v) is 6.78. The van der Waals surface area contributed by atoms with Gasteiger partial charge in [-0.25, -0.2) is 19.3 Å². The maximum Gasteiger partial charge on any atom is 0.228 e. The lowest BCUT2D eigenvalue weighted by molar-refractivity contribution is 0.322. The average molecular weight is 364 g/mol. The number of anilines is 2. The third kappa shape index (κ3) is 4.43. The molecule has 0 aromatic carbocycles. The molecule has 1 aliphatic heterocycles. The van der Waals surface area contributed by atoms with Crippen LogP contribution in [0.25, 0.3) is 0 Å². The Balaban J connectivity index is 1.42. The summed E-state index contributed by atoms with van der Waals surface area (Å²) in [5, 5.41) is 2.97. The average Bonchev–Trinajstić information content (AvgIpc) is 3.10. The molecular weight excluding hydrogens is 343 g/mol. The highest BCUT2D eigenvalue weighted by Crippen LogP contribution is 2.27. The highest BCUT2D eigenvalue weighted by atomic mass is 19.1. The number of hydrogen-bond acceptors (Lipinski definition) is 6. The summed E-state index contributed by atoms with van der Waals surface area (Å²) < 4.78 is 13.3. The maximum absolute atomic E-state index is 13.3. The summed E-state index contributed by atoms with van der Waals surface area (Å²) in [5.41, 5.74) is 3.13. The molecule has 4 rings (SSSR count). The topological polar surface area (TPSA) is 66.8 Å². The van der Waals surface area contributed by atoms with Gasteiger partial charge in [-0.15, -0.1) is 0 Å². The van der Waals surface area contributed by atoms with Crippen molar-refractivity contribution in [2.75, 3.05) is 18.4 Å². The van der Waals surface area contributed by atoms with Crippen LogP contribution >= 0.6 is 0 Å². The minimum absolute atomic E-state index is 0.346. The standard InChI is InChI=1S/C20H21FN6/c1-14-3-2-4-17(24-14)13-27-10-7-15(12-27)18-6-9-23-20(25-18)26-19-11-16(21)5-8-22-19/h2-6,8-9,11,15H,7,10,12-13H2,1H3,(H,22,23,25,26). The number of hydrogen-bond donors (Lipinski definition) is 1. The SMILES string of the molecule is Cc1cccc(CN2CCC(c3ccnc(Nc4cc(F)ccn4)n3)C2)n1. The molecular formula is C20H21FN6. The number of aromatic nitrogens is 4. The number of nitrogens with zero attached hydrogens (tertiary/aromatic N) is 5. The van der Waals surface area contributed by atoms with E-state index < -0.39 is 0 Å². The fourth-order valence-corrected chi connectivity index (χ4v) is 3.38. The van der Waals surface area contributed by atoms with Gasteiger partial charge >= 0.3 is 0 Å². The van der Waals surface area contributed by atoms with Crippen LogP contribution in [0.15, 0.2) is 48.8 Å². The Kier molecular flexibility index (Phi) is 5.02. The molecule has 138 valence electrons. The fraction of sp³-hybridized carbons (Fsp3) is 0.300. The first-order valence-corrected chi connectivity index (χ1v) is 9.02. The van der Waals surface area contributed by atoms with E-state index in [9.17, 15) is 4.39 Å². The van der Waals surface area contributed by atoms with E-state index in [0.29, 0.717) is 17.7 Å². The molecule has 3 aromatic rings. The van der Waals surface area contributed by atoms with Gasteiger partial charge in [0, 0.05) is 43.2 Å². The molecule has 6 nitrogen and oxygen atoms in total. The van der Waals surface area contributed by atoms with Gasteiger partial charge in [0.25, 0.3) is 0 Å².